The Kier molecular flexibility index (Phi) is 2.90. The van der Waals surface area contributed by atoms with Crippen LogP contribution in [0.4, 0.5) is 0 Å². The van der Waals surface area contributed by atoms with Gasteiger partial charge >= 0.3 is 0 Å². The molecule has 3 nitrogen and oxygen atoms in total. The van der Waals surface area contributed by atoms with Crippen LogP contribution < -0.4 is 5.32 Å². The molecule has 1 fully saturated rings. The number of rotatable bonds is 1. The van der Waals surface area contributed by atoms with Crippen molar-refractivity contribution in [2.45, 2.75) is 37.5 Å². The lowest BCUT2D eigenvalue weighted by Gasteiger charge is -2.33. The first-order valence-electron chi connectivity index (χ1n) is 6.41. The highest BCUT2D eigenvalue weighted by Crippen LogP contribution is 2.39. The number of ether oxygens (including phenoxy) is 1. The molecule has 0 aromatic heterocycles. The standard InChI is InChI=1S/C14H19NO2/c16-14(6-3-8-17-9-7-14)13-12-5-2-1-4-11(12)10-15-13/h1-2,4-5,13,15-16H,3,6-10H2. The van der Waals surface area contributed by atoms with Gasteiger partial charge in [0.25, 0.3) is 0 Å². The zero-order chi connectivity index (χ0) is 11.7. The van der Waals surface area contributed by atoms with Gasteiger partial charge in [0.1, 0.15) is 0 Å². The molecular weight excluding hydrogens is 214 g/mol. The number of hydrogen-bond donors (Lipinski definition) is 2. The van der Waals surface area contributed by atoms with E-state index in [9.17, 15) is 5.11 Å². The van der Waals surface area contributed by atoms with E-state index < -0.39 is 5.60 Å². The van der Waals surface area contributed by atoms with Crippen LogP contribution in [0.5, 0.6) is 0 Å². The number of fused-ring (bicyclic) bond motifs is 1. The highest BCUT2D eigenvalue weighted by molar-refractivity contribution is 5.35. The van der Waals surface area contributed by atoms with Gasteiger partial charge in [-0.1, -0.05) is 24.3 Å². The maximum absolute atomic E-state index is 10.9. The highest BCUT2D eigenvalue weighted by Gasteiger charge is 2.41. The molecule has 2 aliphatic rings. The average molecular weight is 233 g/mol. The lowest BCUT2D eigenvalue weighted by molar-refractivity contribution is -0.0146. The van der Waals surface area contributed by atoms with E-state index in [0.717, 1.165) is 32.4 Å². The Morgan fingerprint density at radius 2 is 2.12 bits per heavy atom. The van der Waals surface area contributed by atoms with Crippen molar-refractivity contribution >= 4 is 0 Å². The fourth-order valence-electron chi connectivity index (χ4n) is 3.02. The Labute approximate surface area is 102 Å². The van der Waals surface area contributed by atoms with Crippen LogP contribution in [0.15, 0.2) is 24.3 Å². The predicted octanol–water partition coefficient (Wildman–Crippen LogP) is 1.76. The molecule has 2 aliphatic heterocycles. The van der Waals surface area contributed by atoms with Gasteiger partial charge in [0.2, 0.25) is 0 Å². The minimum absolute atomic E-state index is 0.0698. The summed E-state index contributed by atoms with van der Waals surface area (Å²) in [5, 5.41) is 14.3. The smallest absolute Gasteiger partial charge is 0.0864 e. The first kappa shape index (κ1) is 11.2. The van der Waals surface area contributed by atoms with E-state index in [2.05, 4.69) is 29.6 Å². The summed E-state index contributed by atoms with van der Waals surface area (Å²) < 4.78 is 5.45. The Morgan fingerprint density at radius 1 is 1.24 bits per heavy atom. The summed E-state index contributed by atoms with van der Waals surface area (Å²) in [6.07, 6.45) is 2.48. The molecule has 3 rings (SSSR count). The van der Waals surface area contributed by atoms with E-state index >= 15 is 0 Å². The number of hydrogen-bond acceptors (Lipinski definition) is 3. The van der Waals surface area contributed by atoms with Gasteiger partial charge in [0, 0.05) is 26.2 Å². The van der Waals surface area contributed by atoms with Gasteiger partial charge in [-0.25, -0.2) is 0 Å². The van der Waals surface area contributed by atoms with Gasteiger partial charge in [-0.15, -0.1) is 0 Å². The van der Waals surface area contributed by atoms with Crippen LogP contribution in [0.1, 0.15) is 36.4 Å². The van der Waals surface area contributed by atoms with E-state index in [1.54, 1.807) is 0 Å². The third-order valence-electron chi connectivity index (χ3n) is 3.98. The van der Waals surface area contributed by atoms with Crippen LogP contribution in [-0.4, -0.2) is 23.9 Å². The molecule has 1 aromatic rings. The van der Waals surface area contributed by atoms with Crippen molar-refractivity contribution in [3.05, 3.63) is 35.4 Å². The maximum Gasteiger partial charge on any atom is 0.0864 e. The predicted molar refractivity (Wildman–Crippen MR) is 65.6 cm³/mol. The van der Waals surface area contributed by atoms with Crippen LogP contribution in [0.3, 0.4) is 0 Å². The summed E-state index contributed by atoms with van der Waals surface area (Å²) in [5.74, 6) is 0. The monoisotopic (exact) mass is 233 g/mol. The quantitative estimate of drug-likeness (QED) is 0.776. The Balaban J connectivity index is 1.89. The van der Waals surface area contributed by atoms with Crippen molar-refractivity contribution in [1.82, 2.24) is 5.32 Å². The molecule has 2 heterocycles. The molecular formula is C14H19NO2. The zero-order valence-electron chi connectivity index (χ0n) is 9.98. The molecule has 17 heavy (non-hydrogen) atoms. The molecule has 1 aromatic carbocycles. The Bertz CT molecular complexity index is 397. The van der Waals surface area contributed by atoms with Crippen LogP contribution in [0.2, 0.25) is 0 Å². The molecule has 92 valence electrons. The first-order valence-corrected chi connectivity index (χ1v) is 6.41. The first-order chi connectivity index (χ1) is 8.30. The van der Waals surface area contributed by atoms with Gasteiger partial charge in [-0.2, -0.15) is 0 Å². The molecule has 2 unspecified atom stereocenters. The second-order valence-corrected chi connectivity index (χ2v) is 5.08. The molecule has 2 atom stereocenters. The second kappa shape index (κ2) is 4.41. The summed E-state index contributed by atoms with van der Waals surface area (Å²) >= 11 is 0. The summed E-state index contributed by atoms with van der Waals surface area (Å²) in [6, 6.07) is 8.45. The van der Waals surface area contributed by atoms with Crippen molar-refractivity contribution in [3.8, 4) is 0 Å². The molecule has 2 N–H and O–H groups in total. The van der Waals surface area contributed by atoms with E-state index in [-0.39, 0.29) is 6.04 Å². The minimum Gasteiger partial charge on any atom is -0.388 e. The molecule has 1 saturated heterocycles. The van der Waals surface area contributed by atoms with E-state index in [4.69, 9.17) is 4.74 Å². The van der Waals surface area contributed by atoms with Crippen molar-refractivity contribution in [2.75, 3.05) is 13.2 Å². The highest BCUT2D eigenvalue weighted by atomic mass is 16.5. The van der Waals surface area contributed by atoms with Crippen molar-refractivity contribution < 1.29 is 9.84 Å². The molecule has 3 heteroatoms. The van der Waals surface area contributed by atoms with Crippen molar-refractivity contribution in [1.29, 1.82) is 0 Å². The zero-order valence-corrected chi connectivity index (χ0v) is 9.98. The normalized spacial score (nSPS) is 33.1. The summed E-state index contributed by atoms with van der Waals surface area (Å²) in [4.78, 5) is 0. The Morgan fingerprint density at radius 3 is 3.06 bits per heavy atom. The molecule has 0 bridgehead atoms. The fraction of sp³-hybridized carbons (Fsp3) is 0.571. The maximum atomic E-state index is 10.9. The minimum atomic E-state index is -0.650. The molecule has 0 radical (unpaired) electrons. The van der Waals surface area contributed by atoms with Crippen molar-refractivity contribution in [3.63, 3.8) is 0 Å². The number of nitrogens with one attached hydrogen (secondary N) is 1. The largest absolute Gasteiger partial charge is 0.388 e. The topological polar surface area (TPSA) is 41.5 Å². The van der Waals surface area contributed by atoms with Gasteiger partial charge < -0.3 is 15.2 Å². The lowest BCUT2D eigenvalue weighted by atomic mass is 9.83. The van der Waals surface area contributed by atoms with Gasteiger partial charge in [0.05, 0.1) is 11.6 Å². The summed E-state index contributed by atoms with van der Waals surface area (Å²) in [7, 11) is 0. The van der Waals surface area contributed by atoms with E-state index in [1.165, 1.54) is 11.1 Å². The van der Waals surface area contributed by atoms with Gasteiger partial charge in [-0.3, -0.25) is 0 Å². The molecule has 0 aliphatic carbocycles. The van der Waals surface area contributed by atoms with Crippen LogP contribution >= 0.6 is 0 Å². The van der Waals surface area contributed by atoms with Crippen LogP contribution in [-0.2, 0) is 11.3 Å². The van der Waals surface area contributed by atoms with E-state index in [0.29, 0.717) is 6.61 Å². The summed E-state index contributed by atoms with van der Waals surface area (Å²) in [6.45, 7) is 2.30. The lowest BCUT2D eigenvalue weighted by Crippen LogP contribution is -2.41. The van der Waals surface area contributed by atoms with Gasteiger partial charge in [0.15, 0.2) is 0 Å². The van der Waals surface area contributed by atoms with Crippen LogP contribution in [0, 0.1) is 0 Å². The number of aliphatic hydroxyl groups is 1. The average Bonchev–Trinajstić information content (AvgIpc) is 2.67. The molecule has 0 amide bonds. The number of benzene rings is 1. The van der Waals surface area contributed by atoms with Crippen molar-refractivity contribution in [2.24, 2.45) is 0 Å². The molecule has 0 saturated carbocycles. The fourth-order valence-corrected chi connectivity index (χ4v) is 3.02. The third-order valence-corrected chi connectivity index (χ3v) is 3.98. The summed E-state index contributed by atoms with van der Waals surface area (Å²) in [5.41, 5.74) is 1.93. The molecule has 0 spiro atoms. The SMILES string of the molecule is OC1(C2NCc3ccccc32)CCCOCC1. The van der Waals surface area contributed by atoms with E-state index in [1.807, 2.05) is 0 Å². The van der Waals surface area contributed by atoms with Crippen LogP contribution in [0.25, 0.3) is 0 Å². The Hall–Kier alpha value is -0.900. The third kappa shape index (κ3) is 1.99. The van der Waals surface area contributed by atoms with Gasteiger partial charge in [-0.05, 0) is 24.0 Å². The second-order valence-electron chi connectivity index (χ2n) is 5.08.